The average molecular weight is 261 g/mol. The van der Waals surface area contributed by atoms with Gasteiger partial charge in [-0.3, -0.25) is 0 Å². The van der Waals surface area contributed by atoms with Gasteiger partial charge in [-0.15, -0.1) is 0 Å². The molecule has 0 saturated carbocycles. The topological polar surface area (TPSA) is 12.0 Å². The number of hydrogen-bond acceptors (Lipinski definition) is 1. The molecule has 0 aliphatic heterocycles. The predicted octanol–water partition coefficient (Wildman–Crippen LogP) is 3.86. The molecule has 1 atom stereocenters. The SMILES string of the molecule is CCNC(Cc1ccccc1)c1ccc(F)c(F)c1. The summed E-state index contributed by atoms with van der Waals surface area (Å²) in [4.78, 5) is 0. The summed E-state index contributed by atoms with van der Waals surface area (Å²) in [5.41, 5.74) is 1.93. The maximum absolute atomic E-state index is 13.3. The predicted molar refractivity (Wildman–Crippen MR) is 72.9 cm³/mol. The zero-order valence-electron chi connectivity index (χ0n) is 10.9. The van der Waals surface area contributed by atoms with Gasteiger partial charge in [-0.25, -0.2) is 8.78 Å². The molecule has 2 rings (SSSR count). The van der Waals surface area contributed by atoms with Crippen LogP contribution >= 0.6 is 0 Å². The van der Waals surface area contributed by atoms with Crippen molar-refractivity contribution in [1.29, 1.82) is 0 Å². The van der Waals surface area contributed by atoms with Crippen LogP contribution in [0, 0.1) is 11.6 Å². The van der Waals surface area contributed by atoms with Crippen molar-refractivity contribution in [3.8, 4) is 0 Å². The van der Waals surface area contributed by atoms with Gasteiger partial charge in [0.15, 0.2) is 11.6 Å². The first-order valence-corrected chi connectivity index (χ1v) is 6.43. The summed E-state index contributed by atoms with van der Waals surface area (Å²) in [6, 6.07) is 14.0. The van der Waals surface area contributed by atoms with Gasteiger partial charge in [0, 0.05) is 6.04 Å². The lowest BCUT2D eigenvalue weighted by atomic mass is 9.98. The zero-order chi connectivity index (χ0) is 13.7. The van der Waals surface area contributed by atoms with Crippen LogP contribution in [0.2, 0.25) is 0 Å². The van der Waals surface area contributed by atoms with Crippen LogP contribution in [0.3, 0.4) is 0 Å². The van der Waals surface area contributed by atoms with E-state index in [4.69, 9.17) is 0 Å². The monoisotopic (exact) mass is 261 g/mol. The zero-order valence-corrected chi connectivity index (χ0v) is 10.9. The molecule has 100 valence electrons. The van der Waals surface area contributed by atoms with Crippen LogP contribution < -0.4 is 5.32 Å². The summed E-state index contributed by atoms with van der Waals surface area (Å²) in [5.74, 6) is -1.60. The fourth-order valence-corrected chi connectivity index (χ4v) is 2.13. The maximum Gasteiger partial charge on any atom is 0.159 e. The summed E-state index contributed by atoms with van der Waals surface area (Å²) in [5, 5.41) is 3.30. The average Bonchev–Trinajstić information content (AvgIpc) is 2.43. The van der Waals surface area contributed by atoms with Gasteiger partial charge < -0.3 is 5.32 Å². The Morgan fingerprint density at radius 3 is 2.37 bits per heavy atom. The van der Waals surface area contributed by atoms with Crippen LogP contribution in [0.1, 0.15) is 24.1 Å². The number of likely N-dealkylation sites (N-methyl/N-ethyl adjacent to an activating group) is 1. The molecule has 0 aliphatic rings. The summed E-state index contributed by atoms with van der Waals surface area (Å²) in [6.45, 7) is 2.77. The normalized spacial score (nSPS) is 12.4. The number of benzene rings is 2. The van der Waals surface area contributed by atoms with E-state index in [1.54, 1.807) is 6.07 Å². The molecule has 1 N–H and O–H groups in total. The lowest BCUT2D eigenvalue weighted by Crippen LogP contribution is -2.23. The molecule has 0 saturated heterocycles. The third-order valence-corrected chi connectivity index (χ3v) is 3.08. The lowest BCUT2D eigenvalue weighted by molar-refractivity contribution is 0.497. The summed E-state index contributed by atoms with van der Waals surface area (Å²) in [6.07, 6.45) is 0.750. The molecule has 1 nitrogen and oxygen atoms in total. The molecule has 0 spiro atoms. The van der Waals surface area contributed by atoms with Crippen LogP contribution in [0.5, 0.6) is 0 Å². The van der Waals surface area contributed by atoms with E-state index in [9.17, 15) is 8.78 Å². The Balaban J connectivity index is 2.21. The Morgan fingerprint density at radius 2 is 1.74 bits per heavy atom. The molecule has 0 aliphatic carbocycles. The van der Waals surface area contributed by atoms with Gasteiger partial charge in [0.2, 0.25) is 0 Å². The second-order valence-electron chi connectivity index (χ2n) is 4.47. The van der Waals surface area contributed by atoms with Crippen molar-refractivity contribution in [3.63, 3.8) is 0 Å². The molecule has 0 aromatic heterocycles. The first-order chi connectivity index (χ1) is 9.20. The van der Waals surface area contributed by atoms with E-state index in [1.807, 2.05) is 37.3 Å². The maximum atomic E-state index is 13.3. The van der Waals surface area contributed by atoms with Gasteiger partial charge in [-0.05, 0) is 36.2 Å². The highest BCUT2D eigenvalue weighted by Crippen LogP contribution is 2.20. The van der Waals surface area contributed by atoms with Gasteiger partial charge in [-0.2, -0.15) is 0 Å². The van der Waals surface area contributed by atoms with Crippen molar-refractivity contribution in [2.24, 2.45) is 0 Å². The molecule has 0 amide bonds. The number of halogens is 2. The number of nitrogens with one attached hydrogen (secondary N) is 1. The summed E-state index contributed by atoms with van der Waals surface area (Å²) in [7, 11) is 0. The van der Waals surface area contributed by atoms with Crippen LogP contribution in [-0.4, -0.2) is 6.54 Å². The van der Waals surface area contributed by atoms with Crippen LogP contribution in [0.25, 0.3) is 0 Å². The summed E-state index contributed by atoms with van der Waals surface area (Å²) < 4.78 is 26.3. The minimum Gasteiger partial charge on any atom is -0.310 e. The molecular weight excluding hydrogens is 244 g/mol. The fourth-order valence-electron chi connectivity index (χ4n) is 2.13. The smallest absolute Gasteiger partial charge is 0.159 e. The minimum atomic E-state index is -0.807. The molecule has 2 aromatic carbocycles. The Hall–Kier alpha value is -1.74. The minimum absolute atomic E-state index is 0.0116. The highest BCUT2D eigenvalue weighted by atomic mass is 19.2. The molecule has 2 aromatic rings. The van der Waals surface area contributed by atoms with Crippen LogP contribution in [-0.2, 0) is 6.42 Å². The van der Waals surface area contributed by atoms with Gasteiger partial charge in [-0.1, -0.05) is 43.3 Å². The highest BCUT2D eigenvalue weighted by Gasteiger charge is 2.13. The van der Waals surface area contributed by atoms with Gasteiger partial charge in [0.25, 0.3) is 0 Å². The van der Waals surface area contributed by atoms with Crippen molar-refractivity contribution >= 4 is 0 Å². The van der Waals surface area contributed by atoms with E-state index < -0.39 is 11.6 Å². The molecule has 0 fully saturated rings. The third kappa shape index (κ3) is 3.61. The first-order valence-electron chi connectivity index (χ1n) is 6.43. The molecule has 0 heterocycles. The molecule has 0 radical (unpaired) electrons. The van der Waals surface area contributed by atoms with Crippen molar-refractivity contribution in [1.82, 2.24) is 5.32 Å². The third-order valence-electron chi connectivity index (χ3n) is 3.08. The van der Waals surface area contributed by atoms with Crippen LogP contribution in [0.15, 0.2) is 48.5 Å². The quantitative estimate of drug-likeness (QED) is 0.861. The molecule has 1 unspecified atom stereocenters. The molecule has 3 heteroatoms. The van der Waals surface area contributed by atoms with Crippen molar-refractivity contribution < 1.29 is 8.78 Å². The first kappa shape index (κ1) is 13.7. The number of rotatable bonds is 5. The van der Waals surface area contributed by atoms with Crippen molar-refractivity contribution in [3.05, 3.63) is 71.3 Å². The lowest BCUT2D eigenvalue weighted by Gasteiger charge is -2.18. The molecule has 19 heavy (non-hydrogen) atoms. The standard InChI is InChI=1S/C16H17F2N/c1-2-19-16(10-12-6-4-3-5-7-12)13-8-9-14(17)15(18)11-13/h3-9,11,16,19H,2,10H2,1H3. The largest absolute Gasteiger partial charge is 0.310 e. The van der Waals surface area contributed by atoms with Crippen molar-refractivity contribution in [2.75, 3.05) is 6.54 Å². The molecule has 0 bridgehead atoms. The Labute approximate surface area is 112 Å². The van der Waals surface area contributed by atoms with E-state index in [-0.39, 0.29) is 6.04 Å². The Kier molecular flexibility index (Phi) is 4.63. The van der Waals surface area contributed by atoms with E-state index in [0.717, 1.165) is 24.1 Å². The summed E-state index contributed by atoms with van der Waals surface area (Å²) >= 11 is 0. The van der Waals surface area contributed by atoms with E-state index in [2.05, 4.69) is 5.32 Å². The van der Waals surface area contributed by atoms with Gasteiger partial charge in [0.05, 0.1) is 0 Å². The highest BCUT2D eigenvalue weighted by molar-refractivity contribution is 5.25. The van der Waals surface area contributed by atoms with E-state index in [1.165, 1.54) is 12.1 Å². The Morgan fingerprint density at radius 1 is 1.00 bits per heavy atom. The van der Waals surface area contributed by atoms with Crippen LogP contribution in [0.4, 0.5) is 8.78 Å². The Bertz CT molecular complexity index is 526. The van der Waals surface area contributed by atoms with E-state index >= 15 is 0 Å². The van der Waals surface area contributed by atoms with Crippen molar-refractivity contribution in [2.45, 2.75) is 19.4 Å². The van der Waals surface area contributed by atoms with E-state index in [0.29, 0.717) is 0 Å². The van der Waals surface area contributed by atoms with Gasteiger partial charge >= 0.3 is 0 Å². The second kappa shape index (κ2) is 6.43. The van der Waals surface area contributed by atoms with Gasteiger partial charge in [0.1, 0.15) is 0 Å². The second-order valence-corrected chi connectivity index (χ2v) is 4.47. The fraction of sp³-hybridized carbons (Fsp3) is 0.250. The molecular formula is C16H17F2N. The number of hydrogen-bond donors (Lipinski definition) is 1.